The molecule has 2 aromatic carbocycles. The standard InChI is InChI=1S/C22H30Cl2N10.CH2O3.ClH/c23-15-5-9-17(10-6-15)31-21(27)33-19(25)29-13-3-1-2-4-14-30-20(26)34-22(28)32-18-11-7-16(24)8-12-18;2-1(3)4;/h5-12H,1-4,13-14H2,(H5,25,27,29,31,33)(H5,26,28,30,32,34);(H2,2,3,4);1H. The van der Waals surface area contributed by atoms with Crippen LogP contribution in [0.4, 0.5) is 16.2 Å². The third kappa shape index (κ3) is 18.9. The molecule has 0 heterocycles. The Morgan fingerprint density at radius 3 is 1.23 bits per heavy atom. The van der Waals surface area contributed by atoms with Gasteiger partial charge in [-0.3, -0.25) is 32.3 Å². The molecule has 0 saturated heterocycles. The van der Waals surface area contributed by atoms with Crippen LogP contribution >= 0.6 is 35.6 Å². The maximum Gasteiger partial charge on any atom is 0.503 e. The highest BCUT2D eigenvalue weighted by Gasteiger charge is 2.03. The van der Waals surface area contributed by atoms with Crippen molar-refractivity contribution in [1.82, 2.24) is 21.3 Å². The predicted octanol–water partition coefficient (Wildman–Crippen LogP) is 4.82. The number of anilines is 2. The van der Waals surface area contributed by atoms with Crippen molar-refractivity contribution < 1.29 is 15.0 Å². The normalized spacial score (nSPS) is 9.38. The summed E-state index contributed by atoms with van der Waals surface area (Å²) in [7, 11) is 0. The Labute approximate surface area is 242 Å². The van der Waals surface area contributed by atoms with Crippen LogP contribution in [0.3, 0.4) is 0 Å². The van der Waals surface area contributed by atoms with E-state index in [0.717, 1.165) is 25.7 Å². The fourth-order valence-corrected chi connectivity index (χ4v) is 3.04. The largest absolute Gasteiger partial charge is 0.503 e. The van der Waals surface area contributed by atoms with Gasteiger partial charge in [-0.1, -0.05) is 36.0 Å². The smallest absolute Gasteiger partial charge is 0.450 e. The Hall–Kier alpha value is -3.94. The van der Waals surface area contributed by atoms with Crippen molar-refractivity contribution in [3.63, 3.8) is 0 Å². The van der Waals surface area contributed by atoms with Crippen LogP contribution < -0.4 is 31.9 Å². The Bertz CT molecular complexity index is 987. The minimum absolute atomic E-state index is 0. The van der Waals surface area contributed by atoms with E-state index in [1.54, 1.807) is 48.5 Å². The van der Waals surface area contributed by atoms with Crippen molar-refractivity contribution in [2.24, 2.45) is 0 Å². The van der Waals surface area contributed by atoms with Gasteiger partial charge in [-0.25, -0.2) is 4.79 Å². The first-order valence-corrected chi connectivity index (χ1v) is 12.1. The topological polar surface area (TPSA) is 225 Å². The predicted molar refractivity (Wildman–Crippen MR) is 160 cm³/mol. The van der Waals surface area contributed by atoms with E-state index in [-0.39, 0.29) is 36.2 Å². The van der Waals surface area contributed by atoms with Crippen LogP contribution in [0.15, 0.2) is 48.5 Å². The van der Waals surface area contributed by atoms with Crippen LogP contribution in [0.2, 0.25) is 10.0 Å². The molecular weight excluding hydrogens is 571 g/mol. The van der Waals surface area contributed by atoms with E-state index in [2.05, 4.69) is 31.9 Å². The summed E-state index contributed by atoms with van der Waals surface area (Å²) in [6, 6.07) is 13.9. The van der Waals surface area contributed by atoms with E-state index >= 15 is 0 Å². The molecule has 0 bridgehead atoms. The van der Waals surface area contributed by atoms with Crippen LogP contribution in [-0.4, -0.2) is 53.3 Å². The fourth-order valence-electron chi connectivity index (χ4n) is 2.79. The first-order chi connectivity index (χ1) is 18.0. The maximum atomic E-state index is 8.56. The van der Waals surface area contributed by atoms with E-state index in [0.29, 0.717) is 34.5 Å². The van der Waals surface area contributed by atoms with Crippen molar-refractivity contribution in [2.75, 3.05) is 23.7 Å². The van der Waals surface area contributed by atoms with E-state index in [1.165, 1.54) is 0 Å². The Kier molecular flexibility index (Phi) is 18.0. The SMILES string of the molecule is Cl.N=C(NCCCCCCNC(=N)NC(=N)Nc1ccc(Cl)cc1)NC(=N)Nc1ccc(Cl)cc1.O=C(O)O. The molecule has 0 amide bonds. The molecule has 13 nitrogen and oxygen atoms in total. The zero-order valence-corrected chi connectivity index (χ0v) is 23.2. The van der Waals surface area contributed by atoms with E-state index in [9.17, 15) is 0 Å². The van der Waals surface area contributed by atoms with Gasteiger partial charge >= 0.3 is 6.16 Å². The minimum atomic E-state index is -1.83. The zero-order valence-electron chi connectivity index (χ0n) is 20.8. The van der Waals surface area contributed by atoms with Gasteiger partial charge in [-0.2, -0.15) is 0 Å². The molecule has 0 unspecified atom stereocenters. The lowest BCUT2D eigenvalue weighted by Crippen LogP contribution is -2.43. The van der Waals surface area contributed by atoms with Gasteiger partial charge in [-0.15, -0.1) is 12.4 Å². The number of rotatable bonds is 9. The first-order valence-electron chi connectivity index (χ1n) is 11.4. The van der Waals surface area contributed by atoms with Crippen LogP contribution in [0.1, 0.15) is 25.7 Å². The molecule has 12 N–H and O–H groups in total. The molecule has 39 heavy (non-hydrogen) atoms. The highest BCUT2D eigenvalue weighted by molar-refractivity contribution is 6.31. The molecule has 16 heteroatoms. The molecule has 2 aromatic rings. The molecule has 0 aliphatic heterocycles. The second kappa shape index (κ2) is 20.1. The van der Waals surface area contributed by atoms with Crippen molar-refractivity contribution in [3.8, 4) is 0 Å². The number of carbonyl (C=O) groups is 1. The molecule has 0 atom stereocenters. The molecular formula is C23H33Cl3N10O3. The minimum Gasteiger partial charge on any atom is -0.450 e. The van der Waals surface area contributed by atoms with Gasteiger partial charge in [0.2, 0.25) is 0 Å². The quantitative estimate of drug-likeness (QED) is 0.107. The van der Waals surface area contributed by atoms with Crippen molar-refractivity contribution in [2.45, 2.75) is 25.7 Å². The van der Waals surface area contributed by atoms with Crippen LogP contribution in [0, 0.1) is 21.6 Å². The van der Waals surface area contributed by atoms with Gasteiger partial charge in [-0.05, 0) is 61.4 Å². The van der Waals surface area contributed by atoms with Crippen molar-refractivity contribution in [1.29, 1.82) is 21.6 Å². The van der Waals surface area contributed by atoms with E-state index in [1.807, 2.05) is 0 Å². The summed E-state index contributed by atoms with van der Waals surface area (Å²) < 4.78 is 0. The molecule has 2 rings (SSSR count). The van der Waals surface area contributed by atoms with Gasteiger partial charge in [0.1, 0.15) is 0 Å². The fraction of sp³-hybridized carbons (Fsp3) is 0.261. The molecule has 0 aliphatic carbocycles. The highest BCUT2D eigenvalue weighted by atomic mass is 35.5. The summed E-state index contributed by atoms with van der Waals surface area (Å²) >= 11 is 11.7. The zero-order chi connectivity index (χ0) is 28.3. The first kappa shape index (κ1) is 35.1. The second-order valence-electron chi connectivity index (χ2n) is 7.56. The van der Waals surface area contributed by atoms with Crippen molar-refractivity contribution in [3.05, 3.63) is 58.6 Å². The summed E-state index contributed by atoms with van der Waals surface area (Å²) in [5.74, 6) is 0.112. The van der Waals surface area contributed by atoms with Crippen LogP contribution in [-0.2, 0) is 0 Å². The molecule has 0 radical (unpaired) electrons. The second-order valence-corrected chi connectivity index (χ2v) is 8.44. The highest BCUT2D eigenvalue weighted by Crippen LogP contribution is 2.13. The summed E-state index contributed by atoms with van der Waals surface area (Å²) in [6.07, 6.45) is 1.87. The number of hydrogen-bond donors (Lipinski definition) is 12. The third-order valence-corrected chi connectivity index (χ3v) is 4.94. The average Bonchev–Trinajstić information content (AvgIpc) is 2.83. The number of hydrogen-bond acceptors (Lipinski definition) is 5. The monoisotopic (exact) mass is 602 g/mol. The molecule has 0 spiro atoms. The molecule has 0 aromatic heterocycles. The lowest BCUT2D eigenvalue weighted by molar-refractivity contribution is 0.137. The maximum absolute atomic E-state index is 8.56. The number of benzene rings is 2. The van der Waals surface area contributed by atoms with Crippen LogP contribution in [0.25, 0.3) is 0 Å². The number of guanidine groups is 4. The molecule has 0 saturated carbocycles. The number of halogens is 3. The van der Waals surface area contributed by atoms with Gasteiger partial charge in [0.05, 0.1) is 0 Å². The molecule has 0 aliphatic rings. The average molecular weight is 604 g/mol. The number of nitrogens with one attached hydrogen (secondary N) is 10. The third-order valence-electron chi connectivity index (χ3n) is 4.43. The molecule has 214 valence electrons. The summed E-state index contributed by atoms with van der Waals surface area (Å²) in [5.41, 5.74) is 1.42. The Morgan fingerprint density at radius 1 is 0.615 bits per heavy atom. The van der Waals surface area contributed by atoms with Gasteiger partial charge in [0.25, 0.3) is 0 Å². The lowest BCUT2D eigenvalue weighted by Gasteiger charge is -2.13. The van der Waals surface area contributed by atoms with Gasteiger partial charge in [0.15, 0.2) is 23.8 Å². The van der Waals surface area contributed by atoms with Gasteiger partial charge in [0, 0.05) is 34.5 Å². The Morgan fingerprint density at radius 2 is 0.923 bits per heavy atom. The Balaban J connectivity index is 0.00000269. The van der Waals surface area contributed by atoms with Crippen LogP contribution in [0.5, 0.6) is 0 Å². The van der Waals surface area contributed by atoms with Crippen molar-refractivity contribution >= 4 is 77.0 Å². The van der Waals surface area contributed by atoms with E-state index < -0.39 is 6.16 Å². The molecule has 0 fully saturated rings. The number of unbranched alkanes of at least 4 members (excludes halogenated alkanes) is 3. The van der Waals surface area contributed by atoms with Gasteiger partial charge < -0.3 is 31.5 Å². The summed E-state index contributed by atoms with van der Waals surface area (Å²) in [4.78, 5) is 8.56. The number of carboxylic acid groups (broad SMARTS) is 2. The summed E-state index contributed by atoms with van der Waals surface area (Å²) in [5, 5.41) is 63.4. The van der Waals surface area contributed by atoms with E-state index in [4.69, 9.17) is 59.8 Å². The lowest BCUT2D eigenvalue weighted by atomic mass is 10.2. The summed E-state index contributed by atoms with van der Waals surface area (Å²) in [6.45, 7) is 1.25.